The summed E-state index contributed by atoms with van der Waals surface area (Å²) in [6.45, 7) is 4.26. The molecule has 0 bridgehead atoms. The van der Waals surface area contributed by atoms with Crippen LogP contribution < -0.4 is 0 Å². The van der Waals surface area contributed by atoms with Crippen molar-refractivity contribution >= 4 is 15.9 Å². The molecule has 0 fully saturated rings. The lowest BCUT2D eigenvalue weighted by atomic mass is 10.4. The van der Waals surface area contributed by atoms with Gasteiger partial charge in [-0.3, -0.25) is 4.68 Å². The molecular weight excluding hydrogens is 208 g/mol. The Bertz CT molecular complexity index is 245. The van der Waals surface area contributed by atoms with Gasteiger partial charge in [0.05, 0.1) is 23.3 Å². The largest absolute Gasteiger partial charge is 0.391 e. The Morgan fingerprint density at radius 2 is 2.45 bits per heavy atom. The van der Waals surface area contributed by atoms with Crippen molar-refractivity contribution in [2.24, 2.45) is 0 Å². The van der Waals surface area contributed by atoms with Crippen molar-refractivity contribution < 1.29 is 5.11 Å². The van der Waals surface area contributed by atoms with E-state index < -0.39 is 0 Å². The normalized spacial score (nSPS) is 13.5. The molecule has 1 atom stereocenters. The van der Waals surface area contributed by atoms with E-state index in [1.54, 1.807) is 17.8 Å². The van der Waals surface area contributed by atoms with Gasteiger partial charge in [-0.2, -0.15) is 5.10 Å². The summed E-state index contributed by atoms with van der Waals surface area (Å²) in [5.41, 5.74) is 1.05. The van der Waals surface area contributed by atoms with Gasteiger partial charge in [-0.15, -0.1) is 0 Å². The summed E-state index contributed by atoms with van der Waals surface area (Å²) >= 11 is 3.34. The molecule has 1 aromatic heterocycles. The predicted octanol–water partition coefficient (Wildman–Crippen LogP) is 1.33. The summed E-state index contributed by atoms with van der Waals surface area (Å²) < 4.78 is 2.76. The van der Waals surface area contributed by atoms with E-state index in [0.29, 0.717) is 6.54 Å². The fraction of sp³-hybridized carbons (Fsp3) is 0.571. The van der Waals surface area contributed by atoms with Gasteiger partial charge in [-0.25, -0.2) is 0 Å². The molecule has 0 aromatic carbocycles. The van der Waals surface area contributed by atoms with Crippen LogP contribution in [0.3, 0.4) is 0 Å². The summed E-state index contributed by atoms with van der Waals surface area (Å²) in [6.07, 6.45) is 1.39. The maximum absolute atomic E-state index is 9.06. The number of rotatable bonds is 2. The zero-order valence-corrected chi connectivity index (χ0v) is 8.17. The Morgan fingerprint density at radius 3 is 2.82 bits per heavy atom. The van der Waals surface area contributed by atoms with Crippen molar-refractivity contribution in [3.05, 3.63) is 16.4 Å². The molecule has 11 heavy (non-hydrogen) atoms. The highest BCUT2D eigenvalue weighted by molar-refractivity contribution is 9.10. The van der Waals surface area contributed by atoms with E-state index in [-0.39, 0.29) is 6.10 Å². The van der Waals surface area contributed by atoms with Crippen molar-refractivity contribution in [2.75, 3.05) is 0 Å². The van der Waals surface area contributed by atoms with Crippen LogP contribution in [0.15, 0.2) is 10.7 Å². The third-order valence-corrected chi connectivity index (χ3v) is 2.26. The van der Waals surface area contributed by atoms with Crippen LogP contribution in [0.1, 0.15) is 12.6 Å². The Labute approximate surface area is 74.2 Å². The van der Waals surface area contributed by atoms with E-state index in [4.69, 9.17) is 5.11 Å². The molecule has 0 aliphatic rings. The van der Waals surface area contributed by atoms with Crippen molar-refractivity contribution in [1.82, 2.24) is 9.78 Å². The molecule has 0 saturated heterocycles. The molecule has 0 aliphatic heterocycles. The second-order valence-electron chi connectivity index (χ2n) is 2.61. The molecule has 1 heterocycles. The number of aliphatic hydroxyl groups excluding tert-OH is 1. The van der Waals surface area contributed by atoms with E-state index >= 15 is 0 Å². The minimum Gasteiger partial charge on any atom is -0.391 e. The Morgan fingerprint density at radius 1 is 1.82 bits per heavy atom. The zero-order valence-electron chi connectivity index (χ0n) is 6.58. The van der Waals surface area contributed by atoms with Gasteiger partial charge in [0.2, 0.25) is 0 Å². The third kappa shape index (κ3) is 2.04. The summed E-state index contributed by atoms with van der Waals surface area (Å²) in [5.74, 6) is 0. The number of nitrogens with zero attached hydrogens (tertiary/aromatic N) is 2. The van der Waals surface area contributed by atoms with Gasteiger partial charge in [-0.1, -0.05) is 0 Å². The lowest BCUT2D eigenvalue weighted by Gasteiger charge is -2.05. The van der Waals surface area contributed by atoms with Crippen molar-refractivity contribution in [3.63, 3.8) is 0 Å². The van der Waals surface area contributed by atoms with Crippen LogP contribution in [-0.4, -0.2) is 21.0 Å². The third-order valence-electron chi connectivity index (χ3n) is 1.48. The van der Waals surface area contributed by atoms with Gasteiger partial charge in [0, 0.05) is 5.69 Å². The SMILES string of the molecule is Cc1c(Br)cnn1CC(C)O. The van der Waals surface area contributed by atoms with E-state index in [0.717, 1.165) is 10.2 Å². The number of hydrogen-bond donors (Lipinski definition) is 1. The first-order chi connectivity index (χ1) is 5.11. The Balaban J connectivity index is 2.79. The van der Waals surface area contributed by atoms with Crippen LogP contribution in [0.2, 0.25) is 0 Å². The van der Waals surface area contributed by atoms with E-state index in [1.807, 2.05) is 6.92 Å². The molecule has 0 saturated carbocycles. The monoisotopic (exact) mass is 218 g/mol. The van der Waals surface area contributed by atoms with Gasteiger partial charge >= 0.3 is 0 Å². The maximum atomic E-state index is 9.06. The molecule has 1 rings (SSSR count). The lowest BCUT2D eigenvalue weighted by Crippen LogP contribution is -2.13. The average molecular weight is 219 g/mol. The fourth-order valence-electron chi connectivity index (χ4n) is 0.858. The molecule has 1 unspecified atom stereocenters. The number of hydrogen-bond acceptors (Lipinski definition) is 2. The molecule has 4 heteroatoms. The topological polar surface area (TPSA) is 38.0 Å². The second-order valence-corrected chi connectivity index (χ2v) is 3.46. The molecule has 1 aromatic rings. The van der Waals surface area contributed by atoms with Gasteiger partial charge in [0.15, 0.2) is 0 Å². The first-order valence-electron chi connectivity index (χ1n) is 3.47. The summed E-state index contributed by atoms with van der Waals surface area (Å²) in [7, 11) is 0. The molecular formula is C7H11BrN2O. The summed E-state index contributed by atoms with van der Waals surface area (Å²) in [4.78, 5) is 0. The van der Waals surface area contributed by atoms with Crippen LogP contribution in [0, 0.1) is 6.92 Å². The van der Waals surface area contributed by atoms with Gasteiger partial charge in [0.25, 0.3) is 0 Å². The number of aliphatic hydroxyl groups is 1. The van der Waals surface area contributed by atoms with Gasteiger partial charge in [0.1, 0.15) is 0 Å². The van der Waals surface area contributed by atoms with Crippen LogP contribution in [0.4, 0.5) is 0 Å². The first kappa shape index (κ1) is 8.74. The average Bonchev–Trinajstić information content (AvgIpc) is 2.18. The highest BCUT2D eigenvalue weighted by Gasteiger charge is 2.04. The highest BCUT2D eigenvalue weighted by Crippen LogP contribution is 2.14. The Kier molecular flexibility index (Phi) is 2.67. The fourth-order valence-corrected chi connectivity index (χ4v) is 1.15. The first-order valence-corrected chi connectivity index (χ1v) is 4.26. The van der Waals surface area contributed by atoms with Crippen LogP contribution in [0.5, 0.6) is 0 Å². The summed E-state index contributed by atoms with van der Waals surface area (Å²) in [5, 5.41) is 13.1. The van der Waals surface area contributed by atoms with Gasteiger partial charge < -0.3 is 5.11 Å². The van der Waals surface area contributed by atoms with Crippen LogP contribution >= 0.6 is 15.9 Å². The smallest absolute Gasteiger partial charge is 0.0708 e. The highest BCUT2D eigenvalue weighted by atomic mass is 79.9. The van der Waals surface area contributed by atoms with Crippen LogP contribution in [-0.2, 0) is 6.54 Å². The van der Waals surface area contributed by atoms with E-state index in [9.17, 15) is 0 Å². The second kappa shape index (κ2) is 3.36. The molecule has 0 amide bonds. The molecule has 3 nitrogen and oxygen atoms in total. The van der Waals surface area contributed by atoms with Crippen LogP contribution in [0.25, 0.3) is 0 Å². The van der Waals surface area contributed by atoms with E-state index in [1.165, 1.54) is 0 Å². The van der Waals surface area contributed by atoms with E-state index in [2.05, 4.69) is 21.0 Å². The van der Waals surface area contributed by atoms with Crippen molar-refractivity contribution in [2.45, 2.75) is 26.5 Å². The maximum Gasteiger partial charge on any atom is 0.0708 e. The van der Waals surface area contributed by atoms with Crippen molar-refractivity contribution in [3.8, 4) is 0 Å². The van der Waals surface area contributed by atoms with Gasteiger partial charge in [-0.05, 0) is 29.8 Å². The minimum absolute atomic E-state index is 0.347. The molecule has 0 spiro atoms. The molecule has 0 aliphatic carbocycles. The lowest BCUT2D eigenvalue weighted by molar-refractivity contribution is 0.167. The molecule has 1 N–H and O–H groups in total. The zero-order chi connectivity index (χ0) is 8.43. The Hall–Kier alpha value is -0.350. The number of halogens is 1. The summed E-state index contributed by atoms with van der Waals surface area (Å²) in [6, 6.07) is 0. The predicted molar refractivity (Wildman–Crippen MR) is 46.3 cm³/mol. The minimum atomic E-state index is -0.347. The van der Waals surface area contributed by atoms with Crippen molar-refractivity contribution in [1.29, 1.82) is 0 Å². The standard InChI is InChI=1S/C7H11BrN2O/c1-5(11)4-10-6(2)7(8)3-9-10/h3,5,11H,4H2,1-2H3. The number of aromatic nitrogens is 2. The quantitative estimate of drug-likeness (QED) is 0.814. The molecule has 0 radical (unpaired) electrons. The molecule has 62 valence electrons.